The van der Waals surface area contributed by atoms with Gasteiger partial charge in [0.1, 0.15) is 12.2 Å². The molecule has 0 rings (SSSR count). The Balaban J connectivity index is -0.000000162. The number of esters is 1. The Morgan fingerprint density at radius 1 is 0.708 bits per heavy atom. The van der Waals surface area contributed by atoms with Crippen molar-refractivity contribution >= 4 is 46.5 Å². The Morgan fingerprint density at radius 3 is 1.46 bits per heavy atom. The first-order chi connectivity index (χ1) is 9.16. The van der Waals surface area contributed by atoms with Crippen LogP contribution in [0.25, 0.3) is 0 Å². The van der Waals surface area contributed by atoms with Crippen molar-refractivity contribution in [2.45, 2.75) is 84.5 Å². The third-order valence-corrected chi connectivity index (χ3v) is 3.15. The summed E-state index contributed by atoms with van der Waals surface area (Å²) >= 11 is 0. The molecule has 0 aliphatic carbocycles. The maximum absolute atomic E-state index is 11.1. The summed E-state index contributed by atoms with van der Waals surface area (Å²) in [5, 5.41) is 0. The van der Waals surface area contributed by atoms with Crippen molar-refractivity contribution in [3.63, 3.8) is 0 Å². The first kappa shape index (κ1) is 39.2. The number of ketones is 1. The van der Waals surface area contributed by atoms with E-state index in [1.54, 1.807) is 0 Å². The number of ether oxygens (including phenoxy) is 1. The van der Waals surface area contributed by atoms with Crippen LogP contribution in [0.3, 0.4) is 0 Å². The zero-order chi connectivity index (χ0) is 14.3. The van der Waals surface area contributed by atoms with Crippen LogP contribution in [0.15, 0.2) is 0 Å². The van der Waals surface area contributed by atoms with Gasteiger partial charge in [0, 0.05) is 0 Å². The molecule has 0 fully saturated rings. The molecule has 24 heavy (non-hydrogen) atoms. The Morgan fingerprint density at radius 2 is 1.08 bits per heavy atom. The first-order valence-electron chi connectivity index (χ1n) is 7.82. The standard InChI is InChI=1S/C16H30O3.2Al.3O/c1-3-4-5-6-7-8-9-10-11-12-13-19-16(18)14-15(2)17;;;;;/h3-14H2,1-2H3;;;;;/q;2*+3;3*-2. The topological polar surface area (TPSA) is 129 Å². The van der Waals surface area contributed by atoms with Gasteiger partial charge in [0.15, 0.2) is 0 Å². The predicted molar refractivity (Wildman–Crippen MR) is 91.7 cm³/mol. The fraction of sp³-hybridized carbons (Fsp3) is 0.875. The molecule has 8 heteroatoms. The van der Waals surface area contributed by atoms with Gasteiger partial charge in [0.25, 0.3) is 0 Å². The van der Waals surface area contributed by atoms with Crippen LogP contribution < -0.4 is 0 Å². The molecule has 0 bridgehead atoms. The maximum Gasteiger partial charge on any atom is 3.00 e. The molecule has 0 aromatic rings. The van der Waals surface area contributed by atoms with Crippen molar-refractivity contribution in [3.8, 4) is 0 Å². The summed E-state index contributed by atoms with van der Waals surface area (Å²) in [5.41, 5.74) is 0. The molecule has 0 aromatic carbocycles. The second-order valence-corrected chi connectivity index (χ2v) is 5.28. The van der Waals surface area contributed by atoms with Crippen LogP contribution in [-0.4, -0.2) is 53.1 Å². The van der Waals surface area contributed by atoms with Gasteiger partial charge >= 0.3 is 40.7 Å². The van der Waals surface area contributed by atoms with E-state index in [2.05, 4.69) is 6.92 Å². The van der Waals surface area contributed by atoms with E-state index in [4.69, 9.17) is 4.74 Å². The molecule has 136 valence electrons. The van der Waals surface area contributed by atoms with Crippen LogP contribution in [0.5, 0.6) is 0 Å². The van der Waals surface area contributed by atoms with Gasteiger partial charge in [-0.3, -0.25) is 9.59 Å². The van der Waals surface area contributed by atoms with Gasteiger partial charge in [0.05, 0.1) is 6.61 Å². The average molecular weight is 372 g/mol. The molecule has 0 saturated carbocycles. The predicted octanol–water partition coefficient (Wildman–Crippen LogP) is 3.31. The number of carbonyl (C=O) groups excluding carboxylic acids is 2. The minimum Gasteiger partial charge on any atom is -2.00 e. The summed E-state index contributed by atoms with van der Waals surface area (Å²) in [6.07, 6.45) is 12.6. The smallest absolute Gasteiger partial charge is 2.00 e. The van der Waals surface area contributed by atoms with Crippen LogP contribution in [0.2, 0.25) is 0 Å². The van der Waals surface area contributed by atoms with Crippen molar-refractivity contribution in [3.05, 3.63) is 0 Å². The summed E-state index contributed by atoms with van der Waals surface area (Å²) in [6, 6.07) is 0. The van der Waals surface area contributed by atoms with E-state index >= 15 is 0 Å². The Hall–Kier alpha value is 0.0849. The summed E-state index contributed by atoms with van der Waals surface area (Å²) in [7, 11) is 0. The molecule has 0 aliphatic heterocycles. The Bertz CT molecular complexity index is 253. The maximum atomic E-state index is 11.1. The minimum atomic E-state index is -0.386. The molecule has 0 radical (unpaired) electrons. The zero-order valence-electron chi connectivity index (χ0n) is 15.1. The number of Topliss-reactive ketones (excluding diaryl/α,β-unsaturated/α-hetero) is 1. The van der Waals surface area contributed by atoms with E-state index in [9.17, 15) is 9.59 Å². The Kier molecular flexibility index (Phi) is 50.5. The van der Waals surface area contributed by atoms with Crippen molar-refractivity contribution in [2.75, 3.05) is 6.61 Å². The second kappa shape index (κ2) is 30.9. The van der Waals surface area contributed by atoms with Crippen LogP contribution in [0, 0.1) is 0 Å². The van der Waals surface area contributed by atoms with Gasteiger partial charge in [-0.15, -0.1) is 0 Å². The Labute approximate surface area is 168 Å². The number of hydrogen-bond donors (Lipinski definition) is 0. The summed E-state index contributed by atoms with van der Waals surface area (Å²) < 4.78 is 4.97. The number of rotatable bonds is 13. The molecular weight excluding hydrogens is 342 g/mol. The fourth-order valence-electron chi connectivity index (χ4n) is 2.03. The van der Waals surface area contributed by atoms with Gasteiger partial charge in [-0.2, -0.15) is 0 Å². The minimum absolute atomic E-state index is 0. The molecule has 0 aromatic heterocycles. The molecule has 0 saturated heterocycles. The van der Waals surface area contributed by atoms with E-state index < -0.39 is 0 Å². The number of unbranched alkanes of at least 4 members (excludes halogenated alkanes) is 9. The second-order valence-electron chi connectivity index (χ2n) is 5.28. The molecule has 0 unspecified atom stereocenters. The quantitative estimate of drug-likeness (QED) is 0.213. The molecule has 0 atom stereocenters. The van der Waals surface area contributed by atoms with Crippen LogP contribution in [0.1, 0.15) is 84.5 Å². The van der Waals surface area contributed by atoms with Gasteiger partial charge in [-0.1, -0.05) is 64.7 Å². The van der Waals surface area contributed by atoms with Crippen molar-refractivity contribution in [2.24, 2.45) is 0 Å². The van der Waals surface area contributed by atoms with Crippen molar-refractivity contribution in [1.29, 1.82) is 0 Å². The summed E-state index contributed by atoms with van der Waals surface area (Å²) in [5.74, 6) is -0.517. The summed E-state index contributed by atoms with van der Waals surface area (Å²) in [4.78, 5) is 21.7. The fourth-order valence-corrected chi connectivity index (χ4v) is 2.03. The molecule has 0 spiro atoms. The van der Waals surface area contributed by atoms with Crippen LogP contribution >= 0.6 is 0 Å². The summed E-state index contributed by atoms with van der Waals surface area (Å²) in [6.45, 7) is 4.10. The SMILES string of the molecule is CCCCCCCCCCCCOC(=O)CC(C)=O.[Al+3].[Al+3].[O-2].[O-2].[O-2]. The molecular formula is C16H30Al2O6. The molecule has 0 aliphatic rings. The molecule has 0 amide bonds. The molecule has 6 nitrogen and oxygen atoms in total. The van der Waals surface area contributed by atoms with Crippen molar-refractivity contribution < 1.29 is 30.8 Å². The normalized spacial score (nSPS) is 8.25. The van der Waals surface area contributed by atoms with E-state index in [1.165, 1.54) is 58.3 Å². The van der Waals surface area contributed by atoms with Crippen LogP contribution in [0.4, 0.5) is 0 Å². The van der Waals surface area contributed by atoms with Crippen LogP contribution in [-0.2, 0) is 30.8 Å². The van der Waals surface area contributed by atoms with E-state index in [0.717, 1.165) is 12.8 Å². The molecule has 0 heterocycles. The largest absolute Gasteiger partial charge is 3.00 e. The first-order valence-corrected chi connectivity index (χ1v) is 7.82. The zero-order valence-corrected chi connectivity index (χ0v) is 17.4. The van der Waals surface area contributed by atoms with E-state index in [-0.39, 0.29) is 69.3 Å². The van der Waals surface area contributed by atoms with E-state index in [1.807, 2.05) is 0 Å². The van der Waals surface area contributed by atoms with Gasteiger partial charge < -0.3 is 21.2 Å². The van der Waals surface area contributed by atoms with Gasteiger partial charge in [-0.05, 0) is 13.3 Å². The number of carbonyl (C=O) groups is 2. The van der Waals surface area contributed by atoms with Crippen molar-refractivity contribution in [1.82, 2.24) is 0 Å². The third-order valence-electron chi connectivity index (χ3n) is 3.15. The molecule has 0 N–H and O–H groups in total. The average Bonchev–Trinajstić information content (AvgIpc) is 2.35. The van der Waals surface area contributed by atoms with Gasteiger partial charge in [0.2, 0.25) is 0 Å². The van der Waals surface area contributed by atoms with Gasteiger partial charge in [-0.25, -0.2) is 0 Å². The monoisotopic (exact) mass is 372 g/mol. The number of hydrogen-bond acceptors (Lipinski definition) is 3. The third kappa shape index (κ3) is 33.6. The van der Waals surface area contributed by atoms with E-state index in [0.29, 0.717) is 6.61 Å².